The van der Waals surface area contributed by atoms with Gasteiger partial charge in [0.05, 0.1) is 0 Å². The molecule has 0 bridgehead atoms. The summed E-state index contributed by atoms with van der Waals surface area (Å²) in [7, 11) is 0. The molecule has 0 saturated heterocycles. The fraction of sp³-hybridized carbons (Fsp3) is 0.333. The molecular formula is C3H3ClN2O. The van der Waals surface area contributed by atoms with E-state index in [-0.39, 0.29) is 5.35 Å². The maximum absolute atomic E-state index is 5.22. The Hall–Kier alpha value is -0.570. The van der Waals surface area contributed by atoms with Gasteiger partial charge in [-0.1, -0.05) is 5.10 Å². The number of aryl methyl sites for hydroxylation is 1. The third-order valence-corrected chi connectivity index (χ3v) is 0.654. The molecular weight excluding hydrogens is 115 g/mol. The minimum atomic E-state index is 0.0949. The maximum Gasteiger partial charge on any atom is 0.312 e. The van der Waals surface area contributed by atoms with Gasteiger partial charge >= 0.3 is 5.35 Å². The highest BCUT2D eigenvalue weighted by Gasteiger charge is 1.92. The monoisotopic (exact) mass is 118 g/mol. The normalized spacial score (nSPS) is 9.43. The SMILES string of the molecule is Cc1nnc(Cl)o1. The minimum absolute atomic E-state index is 0.0949. The van der Waals surface area contributed by atoms with E-state index in [1.807, 2.05) is 0 Å². The number of hydrogen-bond donors (Lipinski definition) is 0. The van der Waals surface area contributed by atoms with Gasteiger partial charge < -0.3 is 4.42 Å². The lowest BCUT2D eigenvalue weighted by atomic mass is 10.8. The molecule has 4 heteroatoms. The van der Waals surface area contributed by atoms with Crippen LogP contribution in [0.1, 0.15) is 5.89 Å². The van der Waals surface area contributed by atoms with Crippen molar-refractivity contribution < 1.29 is 4.42 Å². The lowest BCUT2D eigenvalue weighted by Gasteiger charge is -1.67. The van der Waals surface area contributed by atoms with Crippen LogP contribution in [-0.2, 0) is 0 Å². The molecule has 0 aliphatic rings. The number of nitrogens with zero attached hydrogens (tertiary/aromatic N) is 2. The Morgan fingerprint density at radius 3 is 2.43 bits per heavy atom. The van der Waals surface area contributed by atoms with Gasteiger partial charge in [0.1, 0.15) is 0 Å². The minimum Gasteiger partial charge on any atom is -0.412 e. The van der Waals surface area contributed by atoms with Crippen LogP contribution in [0.4, 0.5) is 0 Å². The van der Waals surface area contributed by atoms with Crippen molar-refractivity contribution >= 4 is 11.6 Å². The van der Waals surface area contributed by atoms with Gasteiger partial charge in [-0.25, -0.2) is 0 Å². The highest BCUT2D eigenvalue weighted by Crippen LogP contribution is 2.02. The van der Waals surface area contributed by atoms with E-state index in [0.717, 1.165) is 0 Å². The van der Waals surface area contributed by atoms with E-state index in [1.54, 1.807) is 6.92 Å². The van der Waals surface area contributed by atoms with Gasteiger partial charge in [0.2, 0.25) is 5.89 Å². The quantitative estimate of drug-likeness (QED) is 0.511. The smallest absolute Gasteiger partial charge is 0.312 e. The Kier molecular flexibility index (Phi) is 0.982. The number of aromatic nitrogens is 2. The summed E-state index contributed by atoms with van der Waals surface area (Å²) in [6.45, 7) is 1.68. The number of hydrogen-bond acceptors (Lipinski definition) is 3. The van der Waals surface area contributed by atoms with Crippen molar-refractivity contribution in [3.63, 3.8) is 0 Å². The summed E-state index contributed by atoms with van der Waals surface area (Å²) in [5.41, 5.74) is 0. The van der Waals surface area contributed by atoms with Crippen LogP contribution < -0.4 is 0 Å². The highest BCUT2D eigenvalue weighted by atomic mass is 35.5. The van der Waals surface area contributed by atoms with Crippen LogP contribution in [0.15, 0.2) is 4.42 Å². The molecule has 1 aromatic rings. The topological polar surface area (TPSA) is 38.9 Å². The zero-order valence-electron chi connectivity index (χ0n) is 3.68. The summed E-state index contributed by atoms with van der Waals surface area (Å²) in [5.74, 6) is 0.491. The van der Waals surface area contributed by atoms with Gasteiger partial charge in [-0.15, -0.1) is 5.10 Å². The summed E-state index contributed by atoms with van der Waals surface area (Å²) in [5, 5.41) is 6.93. The summed E-state index contributed by atoms with van der Waals surface area (Å²) >= 11 is 5.22. The molecule has 0 aliphatic heterocycles. The van der Waals surface area contributed by atoms with Crippen molar-refractivity contribution in [2.75, 3.05) is 0 Å². The third-order valence-electron chi connectivity index (χ3n) is 0.501. The van der Waals surface area contributed by atoms with Gasteiger partial charge in [-0.3, -0.25) is 0 Å². The van der Waals surface area contributed by atoms with Crippen molar-refractivity contribution in [1.82, 2.24) is 10.2 Å². The van der Waals surface area contributed by atoms with E-state index < -0.39 is 0 Å². The fourth-order valence-electron chi connectivity index (χ4n) is 0.272. The van der Waals surface area contributed by atoms with Crippen molar-refractivity contribution in [2.45, 2.75) is 6.92 Å². The average molecular weight is 119 g/mol. The van der Waals surface area contributed by atoms with Crippen LogP contribution in [-0.4, -0.2) is 10.2 Å². The van der Waals surface area contributed by atoms with Crippen LogP contribution in [0.3, 0.4) is 0 Å². The Bertz CT molecular complexity index is 145. The van der Waals surface area contributed by atoms with Crippen LogP contribution in [0.25, 0.3) is 0 Å². The van der Waals surface area contributed by atoms with Gasteiger partial charge in [-0.2, -0.15) is 0 Å². The summed E-state index contributed by atoms with van der Waals surface area (Å²) < 4.78 is 4.63. The van der Waals surface area contributed by atoms with Crippen LogP contribution in [0, 0.1) is 6.92 Å². The number of rotatable bonds is 0. The molecule has 1 rings (SSSR count). The largest absolute Gasteiger partial charge is 0.412 e. The lowest BCUT2D eigenvalue weighted by Crippen LogP contribution is -1.66. The molecule has 0 aliphatic carbocycles. The van der Waals surface area contributed by atoms with E-state index in [0.29, 0.717) is 5.89 Å². The Morgan fingerprint density at radius 1 is 1.57 bits per heavy atom. The lowest BCUT2D eigenvalue weighted by molar-refractivity contribution is 0.521. The molecule has 0 N–H and O–H groups in total. The zero-order chi connectivity index (χ0) is 5.28. The van der Waals surface area contributed by atoms with E-state index in [2.05, 4.69) is 14.6 Å². The van der Waals surface area contributed by atoms with Crippen molar-refractivity contribution in [1.29, 1.82) is 0 Å². The Morgan fingerprint density at radius 2 is 2.29 bits per heavy atom. The molecule has 1 aromatic heterocycles. The molecule has 0 atom stereocenters. The second-order valence-corrected chi connectivity index (χ2v) is 1.40. The maximum atomic E-state index is 5.22. The second-order valence-electron chi connectivity index (χ2n) is 1.07. The first-order valence-electron chi connectivity index (χ1n) is 1.74. The Labute approximate surface area is 45.3 Å². The van der Waals surface area contributed by atoms with Gasteiger partial charge in [-0.05, 0) is 11.6 Å². The van der Waals surface area contributed by atoms with Crippen molar-refractivity contribution in [3.05, 3.63) is 11.2 Å². The second kappa shape index (κ2) is 1.50. The van der Waals surface area contributed by atoms with E-state index in [9.17, 15) is 0 Å². The molecule has 0 aromatic carbocycles. The zero-order valence-corrected chi connectivity index (χ0v) is 4.44. The molecule has 0 radical (unpaired) electrons. The summed E-state index contributed by atoms with van der Waals surface area (Å²) in [6.07, 6.45) is 0. The first kappa shape index (κ1) is 4.59. The predicted molar refractivity (Wildman–Crippen MR) is 24.0 cm³/mol. The van der Waals surface area contributed by atoms with Gasteiger partial charge in [0, 0.05) is 6.92 Å². The van der Waals surface area contributed by atoms with E-state index in [4.69, 9.17) is 11.6 Å². The molecule has 0 saturated carbocycles. The average Bonchev–Trinajstić information content (AvgIpc) is 1.87. The van der Waals surface area contributed by atoms with Crippen molar-refractivity contribution in [2.24, 2.45) is 0 Å². The van der Waals surface area contributed by atoms with Crippen LogP contribution in [0.5, 0.6) is 0 Å². The van der Waals surface area contributed by atoms with Gasteiger partial charge in [0.25, 0.3) is 0 Å². The van der Waals surface area contributed by atoms with E-state index in [1.165, 1.54) is 0 Å². The number of halogens is 1. The first-order chi connectivity index (χ1) is 3.29. The molecule has 1 heterocycles. The first-order valence-corrected chi connectivity index (χ1v) is 2.12. The molecule has 3 nitrogen and oxygen atoms in total. The van der Waals surface area contributed by atoms with Crippen LogP contribution >= 0.6 is 11.6 Å². The fourth-order valence-corrected chi connectivity index (χ4v) is 0.422. The van der Waals surface area contributed by atoms with E-state index >= 15 is 0 Å². The standard InChI is InChI=1S/C3H3ClN2O/c1-2-5-6-3(4)7-2/h1H3. The molecule has 38 valence electrons. The molecule has 0 spiro atoms. The van der Waals surface area contributed by atoms with Gasteiger partial charge in [0.15, 0.2) is 0 Å². The predicted octanol–water partition coefficient (Wildman–Crippen LogP) is 1.03. The highest BCUT2D eigenvalue weighted by molar-refractivity contribution is 6.27. The summed E-state index contributed by atoms with van der Waals surface area (Å²) in [4.78, 5) is 0. The molecule has 7 heavy (non-hydrogen) atoms. The molecule has 0 unspecified atom stereocenters. The Balaban J connectivity index is 3.04. The molecule has 0 amide bonds. The van der Waals surface area contributed by atoms with Crippen molar-refractivity contribution in [3.8, 4) is 0 Å². The summed E-state index contributed by atoms with van der Waals surface area (Å²) in [6, 6.07) is 0. The third kappa shape index (κ3) is 0.899. The van der Waals surface area contributed by atoms with Crippen LogP contribution in [0.2, 0.25) is 5.35 Å². The molecule has 0 fully saturated rings.